The van der Waals surface area contributed by atoms with Crippen LogP contribution in [0.3, 0.4) is 0 Å². The van der Waals surface area contributed by atoms with E-state index in [1.165, 1.54) is 12.1 Å². The van der Waals surface area contributed by atoms with Gasteiger partial charge in [0.25, 0.3) is 5.91 Å². The van der Waals surface area contributed by atoms with Crippen LogP contribution in [0.1, 0.15) is 22.0 Å². The molecular formula is C19H19ClN2O4. The summed E-state index contributed by atoms with van der Waals surface area (Å²) in [6, 6.07) is 13.4. The molecule has 0 radical (unpaired) electrons. The lowest BCUT2D eigenvalue weighted by Crippen LogP contribution is -2.44. The molecule has 0 aromatic heterocycles. The van der Waals surface area contributed by atoms with Crippen molar-refractivity contribution in [3.8, 4) is 0 Å². The van der Waals surface area contributed by atoms with E-state index < -0.39 is 12.1 Å². The van der Waals surface area contributed by atoms with Crippen molar-refractivity contribution < 1.29 is 19.1 Å². The predicted octanol–water partition coefficient (Wildman–Crippen LogP) is 2.68. The van der Waals surface area contributed by atoms with Crippen molar-refractivity contribution in [1.29, 1.82) is 0 Å². The first-order valence-electron chi connectivity index (χ1n) is 8.24. The second kappa shape index (κ2) is 8.21. The van der Waals surface area contributed by atoms with Crippen LogP contribution in [0.25, 0.3) is 0 Å². The Morgan fingerprint density at radius 3 is 2.46 bits per heavy atom. The van der Waals surface area contributed by atoms with Gasteiger partial charge < -0.3 is 20.1 Å². The summed E-state index contributed by atoms with van der Waals surface area (Å²) in [4.78, 5) is 27.2. The number of nitrogen functional groups attached to an aromatic ring is 1. The number of carbonyl (C=O) groups is 2. The largest absolute Gasteiger partial charge is 0.444 e. The summed E-state index contributed by atoms with van der Waals surface area (Å²) < 4.78 is 10.8. The SMILES string of the molecule is Nc1cc(Cl)ccc1C(=O)O[C@@H](C(=O)N1CCOCC1)c1ccccc1. The Hall–Kier alpha value is -2.57. The molecule has 0 bridgehead atoms. The number of carbonyl (C=O) groups excluding carboxylic acids is 2. The van der Waals surface area contributed by atoms with Gasteiger partial charge >= 0.3 is 5.97 Å². The topological polar surface area (TPSA) is 81.9 Å². The Morgan fingerprint density at radius 1 is 1.12 bits per heavy atom. The second-order valence-electron chi connectivity index (χ2n) is 5.87. The smallest absolute Gasteiger partial charge is 0.341 e. The molecule has 1 aliphatic rings. The van der Waals surface area contributed by atoms with E-state index in [2.05, 4.69) is 0 Å². The molecule has 1 fully saturated rings. The number of nitrogens with zero attached hydrogens (tertiary/aromatic N) is 1. The van der Waals surface area contributed by atoms with Crippen LogP contribution in [0.15, 0.2) is 48.5 Å². The van der Waals surface area contributed by atoms with E-state index in [-0.39, 0.29) is 17.2 Å². The molecule has 3 rings (SSSR count). The second-order valence-corrected chi connectivity index (χ2v) is 6.30. The van der Waals surface area contributed by atoms with Crippen molar-refractivity contribution in [3.05, 3.63) is 64.7 Å². The average Bonchev–Trinajstić information content (AvgIpc) is 2.67. The normalized spacial score (nSPS) is 15.3. The lowest BCUT2D eigenvalue weighted by atomic mass is 10.1. The quantitative estimate of drug-likeness (QED) is 0.657. The maximum absolute atomic E-state index is 12.9. The molecule has 7 heteroatoms. The molecule has 2 N–H and O–H groups in total. The van der Waals surface area contributed by atoms with E-state index in [0.717, 1.165) is 0 Å². The number of halogens is 1. The summed E-state index contributed by atoms with van der Waals surface area (Å²) in [7, 11) is 0. The maximum atomic E-state index is 12.9. The lowest BCUT2D eigenvalue weighted by Gasteiger charge is -2.30. The van der Waals surface area contributed by atoms with Gasteiger partial charge in [0.2, 0.25) is 6.10 Å². The first kappa shape index (κ1) is 18.2. The standard InChI is InChI=1S/C19H19ClN2O4/c20-14-6-7-15(16(21)12-14)19(24)26-17(13-4-2-1-3-5-13)18(23)22-8-10-25-11-9-22/h1-7,12,17H,8-11,21H2/t17-/m1/s1. The minimum atomic E-state index is -1.04. The first-order valence-corrected chi connectivity index (χ1v) is 8.61. The highest BCUT2D eigenvalue weighted by Crippen LogP contribution is 2.25. The molecule has 1 atom stereocenters. The summed E-state index contributed by atoms with van der Waals surface area (Å²) in [5, 5.41) is 0.419. The fraction of sp³-hybridized carbons (Fsp3) is 0.263. The third-order valence-corrected chi connectivity index (χ3v) is 4.34. The minimum absolute atomic E-state index is 0.171. The molecule has 136 valence electrons. The van der Waals surface area contributed by atoms with Gasteiger partial charge in [0.15, 0.2) is 0 Å². The van der Waals surface area contributed by atoms with Gasteiger partial charge in [0.1, 0.15) is 0 Å². The highest BCUT2D eigenvalue weighted by molar-refractivity contribution is 6.31. The number of benzene rings is 2. The number of rotatable bonds is 4. The molecule has 2 aromatic carbocycles. The molecule has 1 heterocycles. The highest BCUT2D eigenvalue weighted by Gasteiger charge is 2.31. The van der Waals surface area contributed by atoms with E-state index in [4.69, 9.17) is 26.8 Å². The number of ether oxygens (including phenoxy) is 2. The molecule has 0 saturated carbocycles. The van der Waals surface area contributed by atoms with Crippen LogP contribution in [-0.2, 0) is 14.3 Å². The van der Waals surface area contributed by atoms with Crippen LogP contribution in [0.2, 0.25) is 5.02 Å². The molecule has 6 nitrogen and oxygen atoms in total. The van der Waals surface area contributed by atoms with E-state index in [1.54, 1.807) is 35.2 Å². The molecule has 2 aromatic rings. The summed E-state index contributed by atoms with van der Waals surface area (Å²) >= 11 is 5.87. The number of morpholine rings is 1. The predicted molar refractivity (Wildman–Crippen MR) is 97.9 cm³/mol. The van der Waals surface area contributed by atoms with Crippen molar-refractivity contribution in [3.63, 3.8) is 0 Å². The van der Waals surface area contributed by atoms with Gasteiger partial charge in [0, 0.05) is 29.4 Å². The summed E-state index contributed by atoms with van der Waals surface area (Å²) in [6.45, 7) is 1.85. The van der Waals surface area contributed by atoms with E-state index in [1.807, 2.05) is 6.07 Å². The number of hydrogen-bond donors (Lipinski definition) is 1. The fourth-order valence-corrected chi connectivity index (χ4v) is 2.91. The number of hydrogen-bond acceptors (Lipinski definition) is 5. The number of anilines is 1. The van der Waals surface area contributed by atoms with Crippen molar-refractivity contribution in [2.24, 2.45) is 0 Å². The van der Waals surface area contributed by atoms with Gasteiger partial charge in [-0.2, -0.15) is 0 Å². The highest BCUT2D eigenvalue weighted by atomic mass is 35.5. The Balaban J connectivity index is 1.85. The zero-order valence-electron chi connectivity index (χ0n) is 14.1. The number of esters is 1. The Morgan fingerprint density at radius 2 is 1.81 bits per heavy atom. The summed E-state index contributed by atoms with van der Waals surface area (Å²) in [5.74, 6) is -0.949. The summed E-state index contributed by atoms with van der Waals surface area (Å²) in [5.41, 5.74) is 6.83. The van der Waals surface area contributed by atoms with Gasteiger partial charge in [-0.15, -0.1) is 0 Å². The molecule has 1 amide bonds. The number of amides is 1. The van der Waals surface area contributed by atoms with Crippen LogP contribution in [0.4, 0.5) is 5.69 Å². The molecule has 26 heavy (non-hydrogen) atoms. The molecule has 0 aliphatic carbocycles. The van der Waals surface area contributed by atoms with Gasteiger partial charge in [0.05, 0.1) is 18.8 Å². The molecular weight excluding hydrogens is 356 g/mol. The average molecular weight is 375 g/mol. The van der Waals surface area contributed by atoms with Crippen molar-refractivity contribution in [1.82, 2.24) is 4.90 Å². The fourth-order valence-electron chi connectivity index (χ4n) is 2.73. The number of nitrogens with two attached hydrogens (primary N) is 1. The molecule has 0 unspecified atom stereocenters. The third kappa shape index (κ3) is 4.15. The van der Waals surface area contributed by atoms with Gasteiger partial charge in [-0.25, -0.2) is 4.79 Å². The molecule has 1 saturated heterocycles. The molecule has 0 spiro atoms. The minimum Gasteiger partial charge on any atom is -0.444 e. The van der Waals surface area contributed by atoms with Gasteiger partial charge in [-0.05, 0) is 18.2 Å². The zero-order valence-corrected chi connectivity index (χ0v) is 14.8. The van der Waals surface area contributed by atoms with E-state index in [9.17, 15) is 9.59 Å². The van der Waals surface area contributed by atoms with Crippen LogP contribution in [0.5, 0.6) is 0 Å². The van der Waals surface area contributed by atoms with Gasteiger partial charge in [-0.3, -0.25) is 4.79 Å². The lowest BCUT2D eigenvalue weighted by molar-refractivity contribution is -0.145. The maximum Gasteiger partial charge on any atom is 0.341 e. The van der Waals surface area contributed by atoms with Gasteiger partial charge in [-0.1, -0.05) is 41.9 Å². The summed E-state index contributed by atoms with van der Waals surface area (Å²) in [6.07, 6.45) is -1.04. The zero-order chi connectivity index (χ0) is 18.5. The Labute approximate surface area is 156 Å². The van der Waals surface area contributed by atoms with Crippen LogP contribution in [0, 0.1) is 0 Å². The van der Waals surface area contributed by atoms with E-state index >= 15 is 0 Å². The monoisotopic (exact) mass is 374 g/mol. The van der Waals surface area contributed by atoms with E-state index in [0.29, 0.717) is 36.9 Å². The van der Waals surface area contributed by atoms with Crippen LogP contribution >= 0.6 is 11.6 Å². The first-order chi connectivity index (χ1) is 12.6. The van der Waals surface area contributed by atoms with Crippen molar-refractivity contribution in [2.45, 2.75) is 6.10 Å². The van der Waals surface area contributed by atoms with Crippen molar-refractivity contribution in [2.75, 3.05) is 32.0 Å². The Kier molecular flexibility index (Phi) is 5.75. The molecule has 1 aliphatic heterocycles. The van der Waals surface area contributed by atoms with Crippen molar-refractivity contribution >= 4 is 29.2 Å². The van der Waals surface area contributed by atoms with Crippen LogP contribution in [-0.4, -0.2) is 43.1 Å². The third-order valence-electron chi connectivity index (χ3n) is 4.11. The van der Waals surface area contributed by atoms with Crippen LogP contribution < -0.4 is 5.73 Å². The Bertz CT molecular complexity index is 791.